The van der Waals surface area contributed by atoms with Gasteiger partial charge in [0.2, 0.25) is 5.91 Å². The van der Waals surface area contributed by atoms with Crippen molar-refractivity contribution >= 4 is 34.1 Å². The van der Waals surface area contributed by atoms with Crippen LogP contribution in [0.25, 0.3) is 10.8 Å². The Morgan fingerprint density at radius 3 is 2.48 bits per heavy atom. The molecule has 3 aromatic rings. The van der Waals surface area contributed by atoms with E-state index in [2.05, 4.69) is 16.0 Å². The van der Waals surface area contributed by atoms with Crippen molar-refractivity contribution in [3.8, 4) is 0 Å². The van der Waals surface area contributed by atoms with Crippen LogP contribution in [-0.4, -0.2) is 18.5 Å². The zero-order valence-corrected chi connectivity index (χ0v) is 13.9. The van der Waals surface area contributed by atoms with Gasteiger partial charge < -0.3 is 16.0 Å². The second kappa shape index (κ2) is 7.49. The smallest absolute Gasteiger partial charge is 0.319 e. The highest BCUT2D eigenvalue weighted by Gasteiger charge is 2.08. The minimum Gasteiger partial charge on any atom is -0.329 e. The molecule has 0 aliphatic heterocycles. The molecule has 0 bridgehead atoms. The highest BCUT2D eigenvalue weighted by Crippen LogP contribution is 2.22. The lowest BCUT2D eigenvalue weighted by molar-refractivity contribution is -0.115. The standard InChI is InChI=1S/C20H19N3O2/c1-14-6-4-9-16(12-14)22-19(24)13-21-20(25)23-18-11-5-8-15-7-2-3-10-17(15)18/h2-12H,13H2,1H3,(H,22,24)(H2,21,23,25). The number of carbonyl (C=O) groups is 2. The second-order valence-corrected chi connectivity index (χ2v) is 5.75. The lowest BCUT2D eigenvalue weighted by atomic mass is 10.1. The Kier molecular flexibility index (Phi) is 4.95. The van der Waals surface area contributed by atoms with Gasteiger partial charge in [0, 0.05) is 11.1 Å². The third kappa shape index (κ3) is 4.35. The fourth-order valence-corrected chi connectivity index (χ4v) is 2.59. The number of hydrogen-bond donors (Lipinski definition) is 3. The van der Waals surface area contributed by atoms with E-state index in [1.807, 2.05) is 67.6 Å². The van der Waals surface area contributed by atoms with Crippen molar-refractivity contribution in [2.75, 3.05) is 17.2 Å². The van der Waals surface area contributed by atoms with Crippen LogP contribution in [0.15, 0.2) is 66.7 Å². The molecule has 0 atom stereocenters. The fourth-order valence-electron chi connectivity index (χ4n) is 2.59. The van der Waals surface area contributed by atoms with Gasteiger partial charge >= 0.3 is 6.03 Å². The summed E-state index contributed by atoms with van der Waals surface area (Å²) in [7, 11) is 0. The van der Waals surface area contributed by atoms with Crippen LogP contribution < -0.4 is 16.0 Å². The molecule has 0 heterocycles. The third-order valence-corrected chi connectivity index (χ3v) is 3.75. The normalized spacial score (nSPS) is 10.3. The third-order valence-electron chi connectivity index (χ3n) is 3.75. The summed E-state index contributed by atoms with van der Waals surface area (Å²) in [6.45, 7) is 1.84. The Balaban J connectivity index is 1.56. The molecular formula is C20H19N3O2. The molecule has 3 rings (SSSR count). The monoisotopic (exact) mass is 333 g/mol. The van der Waals surface area contributed by atoms with Crippen LogP contribution in [0.2, 0.25) is 0 Å². The first-order valence-corrected chi connectivity index (χ1v) is 8.01. The van der Waals surface area contributed by atoms with Gasteiger partial charge in [-0.05, 0) is 36.1 Å². The number of fused-ring (bicyclic) bond motifs is 1. The van der Waals surface area contributed by atoms with Crippen LogP contribution in [0.5, 0.6) is 0 Å². The molecule has 5 nitrogen and oxygen atoms in total. The number of amides is 3. The number of urea groups is 1. The predicted molar refractivity (Wildman–Crippen MR) is 101 cm³/mol. The maximum Gasteiger partial charge on any atom is 0.319 e. The summed E-state index contributed by atoms with van der Waals surface area (Å²) in [6, 6.07) is 20.5. The first-order chi connectivity index (χ1) is 12.1. The van der Waals surface area contributed by atoms with Gasteiger partial charge in [-0.1, -0.05) is 48.5 Å². The molecule has 0 radical (unpaired) electrons. The predicted octanol–water partition coefficient (Wildman–Crippen LogP) is 3.91. The zero-order chi connectivity index (χ0) is 17.6. The molecule has 3 amide bonds. The highest BCUT2D eigenvalue weighted by atomic mass is 16.2. The molecule has 3 aromatic carbocycles. The van der Waals surface area contributed by atoms with E-state index < -0.39 is 6.03 Å². The van der Waals surface area contributed by atoms with E-state index in [-0.39, 0.29) is 12.5 Å². The second-order valence-electron chi connectivity index (χ2n) is 5.75. The van der Waals surface area contributed by atoms with Gasteiger partial charge in [0.15, 0.2) is 0 Å². The van der Waals surface area contributed by atoms with E-state index in [1.54, 1.807) is 6.07 Å². The van der Waals surface area contributed by atoms with Crippen molar-refractivity contribution in [2.45, 2.75) is 6.92 Å². The molecule has 0 fully saturated rings. The number of hydrogen-bond acceptors (Lipinski definition) is 2. The van der Waals surface area contributed by atoms with Crippen molar-refractivity contribution in [3.05, 3.63) is 72.3 Å². The fraction of sp³-hybridized carbons (Fsp3) is 0.100. The maximum absolute atomic E-state index is 12.1. The van der Waals surface area contributed by atoms with Crippen LogP contribution in [0.1, 0.15) is 5.56 Å². The Morgan fingerprint density at radius 2 is 1.64 bits per heavy atom. The van der Waals surface area contributed by atoms with Gasteiger partial charge in [-0.25, -0.2) is 4.79 Å². The van der Waals surface area contributed by atoms with Crippen LogP contribution in [0, 0.1) is 6.92 Å². The summed E-state index contributed by atoms with van der Waals surface area (Å²) in [5, 5.41) is 10.1. The topological polar surface area (TPSA) is 70.2 Å². The minimum absolute atomic E-state index is 0.107. The highest BCUT2D eigenvalue weighted by molar-refractivity contribution is 6.03. The molecule has 0 aliphatic carbocycles. The molecule has 3 N–H and O–H groups in total. The number of rotatable bonds is 4. The molecular weight excluding hydrogens is 314 g/mol. The van der Waals surface area contributed by atoms with Gasteiger partial charge in [-0.3, -0.25) is 4.79 Å². The van der Waals surface area contributed by atoms with Crippen LogP contribution >= 0.6 is 0 Å². The number of aryl methyl sites for hydroxylation is 1. The van der Waals surface area contributed by atoms with Gasteiger partial charge in [-0.15, -0.1) is 0 Å². The summed E-state index contributed by atoms with van der Waals surface area (Å²) in [4.78, 5) is 24.0. The van der Waals surface area contributed by atoms with E-state index in [4.69, 9.17) is 0 Å². The largest absolute Gasteiger partial charge is 0.329 e. The van der Waals surface area contributed by atoms with Crippen molar-refractivity contribution < 1.29 is 9.59 Å². The summed E-state index contributed by atoms with van der Waals surface area (Å²) >= 11 is 0. The Labute approximate surface area is 146 Å². The van der Waals surface area contributed by atoms with Gasteiger partial charge in [0.1, 0.15) is 0 Å². The SMILES string of the molecule is Cc1cccc(NC(=O)CNC(=O)Nc2cccc3ccccc23)c1. The van der Waals surface area contributed by atoms with Gasteiger partial charge in [-0.2, -0.15) is 0 Å². The molecule has 0 spiro atoms. The summed E-state index contributed by atoms with van der Waals surface area (Å²) in [5.74, 6) is -0.279. The lowest BCUT2D eigenvalue weighted by Gasteiger charge is -2.10. The number of nitrogens with one attached hydrogen (secondary N) is 3. The first-order valence-electron chi connectivity index (χ1n) is 8.01. The molecule has 0 saturated carbocycles. The van der Waals surface area contributed by atoms with Crippen molar-refractivity contribution in [1.82, 2.24) is 5.32 Å². The quantitative estimate of drug-likeness (QED) is 0.677. The summed E-state index contributed by atoms with van der Waals surface area (Å²) in [6.07, 6.45) is 0. The molecule has 0 saturated heterocycles. The summed E-state index contributed by atoms with van der Waals surface area (Å²) in [5.41, 5.74) is 2.47. The molecule has 5 heteroatoms. The average molecular weight is 333 g/mol. The zero-order valence-electron chi connectivity index (χ0n) is 13.9. The Hall–Kier alpha value is -3.34. The van der Waals surface area contributed by atoms with E-state index >= 15 is 0 Å². The number of anilines is 2. The average Bonchev–Trinajstić information content (AvgIpc) is 2.60. The van der Waals surface area contributed by atoms with E-state index in [0.717, 1.165) is 16.3 Å². The molecule has 0 unspecified atom stereocenters. The van der Waals surface area contributed by atoms with Crippen LogP contribution in [0.4, 0.5) is 16.2 Å². The summed E-state index contributed by atoms with van der Waals surface area (Å²) < 4.78 is 0. The number of benzene rings is 3. The van der Waals surface area contributed by atoms with Gasteiger partial charge in [0.05, 0.1) is 12.2 Å². The van der Waals surface area contributed by atoms with E-state index in [0.29, 0.717) is 11.4 Å². The van der Waals surface area contributed by atoms with E-state index in [1.165, 1.54) is 0 Å². The number of carbonyl (C=O) groups excluding carboxylic acids is 2. The van der Waals surface area contributed by atoms with Crippen LogP contribution in [-0.2, 0) is 4.79 Å². The minimum atomic E-state index is -0.421. The molecule has 25 heavy (non-hydrogen) atoms. The van der Waals surface area contributed by atoms with Crippen molar-refractivity contribution in [1.29, 1.82) is 0 Å². The van der Waals surface area contributed by atoms with Crippen molar-refractivity contribution in [2.24, 2.45) is 0 Å². The Bertz CT molecular complexity index is 916. The van der Waals surface area contributed by atoms with Gasteiger partial charge in [0.25, 0.3) is 0 Å². The molecule has 0 aromatic heterocycles. The van der Waals surface area contributed by atoms with E-state index in [9.17, 15) is 9.59 Å². The maximum atomic E-state index is 12.1. The van der Waals surface area contributed by atoms with Crippen LogP contribution in [0.3, 0.4) is 0 Å². The van der Waals surface area contributed by atoms with Crippen molar-refractivity contribution in [3.63, 3.8) is 0 Å². The first kappa shape index (κ1) is 16.5. The lowest BCUT2D eigenvalue weighted by Crippen LogP contribution is -2.35. The molecule has 126 valence electrons. The molecule has 0 aliphatic rings. The Morgan fingerprint density at radius 1 is 0.880 bits per heavy atom.